The molecule has 1 aliphatic heterocycles. The number of rotatable bonds is 6. The Kier molecular flexibility index (Phi) is 8.03. The zero-order valence-corrected chi connectivity index (χ0v) is 19.2. The molecule has 0 spiro atoms. The van der Waals surface area contributed by atoms with E-state index in [1.807, 2.05) is 24.3 Å². The minimum atomic E-state index is 0. The third-order valence-electron chi connectivity index (χ3n) is 5.34. The Morgan fingerprint density at radius 2 is 1.90 bits per heavy atom. The number of benzene rings is 2. The Hall–Kier alpha value is -1.96. The highest BCUT2D eigenvalue weighted by Crippen LogP contribution is 2.31. The van der Waals surface area contributed by atoms with Crippen LogP contribution in [0.2, 0.25) is 0 Å². The van der Waals surface area contributed by atoms with Gasteiger partial charge < -0.3 is 20.1 Å². The molecule has 1 aliphatic carbocycles. The number of halogens is 1. The molecule has 1 heterocycles. The van der Waals surface area contributed by atoms with Crippen molar-refractivity contribution < 1.29 is 9.47 Å². The predicted molar refractivity (Wildman–Crippen MR) is 127 cm³/mol. The summed E-state index contributed by atoms with van der Waals surface area (Å²) in [5, 5.41) is 6.95. The van der Waals surface area contributed by atoms with Crippen LogP contribution in [-0.4, -0.2) is 25.2 Å². The third-order valence-corrected chi connectivity index (χ3v) is 5.34. The van der Waals surface area contributed by atoms with Crippen molar-refractivity contribution in [2.45, 2.75) is 51.3 Å². The fraction of sp³-hybridized carbons (Fsp3) is 0.435. The van der Waals surface area contributed by atoms with Crippen LogP contribution in [-0.2, 0) is 6.54 Å². The van der Waals surface area contributed by atoms with E-state index >= 15 is 0 Å². The summed E-state index contributed by atoms with van der Waals surface area (Å²) in [7, 11) is 0. The summed E-state index contributed by atoms with van der Waals surface area (Å²) in [5.41, 5.74) is 2.31. The van der Waals surface area contributed by atoms with Gasteiger partial charge in [0.15, 0.2) is 5.96 Å². The summed E-state index contributed by atoms with van der Waals surface area (Å²) in [4.78, 5) is 4.84. The molecule has 2 aromatic rings. The first-order valence-electron chi connectivity index (χ1n) is 10.3. The van der Waals surface area contributed by atoms with Crippen LogP contribution in [0.1, 0.15) is 49.8 Å². The molecule has 5 nitrogen and oxygen atoms in total. The third kappa shape index (κ3) is 5.56. The molecule has 0 aromatic heterocycles. The summed E-state index contributed by atoms with van der Waals surface area (Å²) >= 11 is 0. The number of fused-ring (bicyclic) bond motifs is 1. The van der Waals surface area contributed by atoms with Crippen LogP contribution in [0.4, 0.5) is 0 Å². The maximum Gasteiger partial charge on any atom is 0.192 e. The summed E-state index contributed by atoms with van der Waals surface area (Å²) in [6.45, 7) is 4.20. The van der Waals surface area contributed by atoms with Crippen LogP contribution in [0.5, 0.6) is 11.5 Å². The molecule has 1 atom stereocenters. The second kappa shape index (κ2) is 10.7. The van der Waals surface area contributed by atoms with Crippen LogP contribution >= 0.6 is 24.0 Å². The van der Waals surface area contributed by atoms with Crippen molar-refractivity contribution in [2.24, 2.45) is 4.99 Å². The summed E-state index contributed by atoms with van der Waals surface area (Å²) in [6.07, 6.45) is 4.88. The number of nitrogens with one attached hydrogen (secondary N) is 2. The standard InChI is InChI=1S/C23H29N3O2.HI/c1-2-24-23(26-20-14-15-27-22-13-6-4-11-19(20)22)25-16-17-8-3-5-12-21(17)28-18-9-7-10-18;/h3-6,8,11-13,18,20H,2,7,9-10,14-16H2,1H3,(H2,24,25,26);1H. The first-order valence-corrected chi connectivity index (χ1v) is 10.3. The number of ether oxygens (including phenoxy) is 2. The van der Waals surface area contributed by atoms with Gasteiger partial charge in [0.05, 0.1) is 25.3 Å². The largest absolute Gasteiger partial charge is 0.493 e. The quantitative estimate of drug-likeness (QED) is 0.335. The maximum atomic E-state index is 6.14. The Balaban J connectivity index is 0.00000240. The minimum Gasteiger partial charge on any atom is -0.493 e. The molecule has 1 fully saturated rings. The molecule has 156 valence electrons. The highest BCUT2D eigenvalue weighted by Gasteiger charge is 2.22. The lowest BCUT2D eigenvalue weighted by molar-refractivity contribution is 0.119. The fourth-order valence-corrected chi connectivity index (χ4v) is 3.56. The predicted octanol–water partition coefficient (Wildman–Crippen LogP) is 4.81. The van der Waals surface area contributed by atoms with Gasteiger partial charge in [-0.1, -0.05) is 36.4 Å². The molecule has 0 amide bonds. The normalized spacial score (nSPS) is 18.5. The van der Waals surface area contributed by atoms with E-state index in [0.29, 0.717) is 19.3 Å². The van der Waals surface area contributed by atoms with Crippen molar-refractivity contribution in [1.29, 1.82) is 0 Å². The van der Waals surface area contributed by atoms with Crippen LogP contribution < -0.4 is 20.1 Å². The topological polar surface area (TPSA) is 54.9 Å². The summed E-state index contributed by atoms with van der Waals surface area (Å²) in [6, 6.07) is 16.7. The van der Waals surface area contributed by atoms with E-state index in [2.05, 4.69) is 41.8 Å². The van der Waals surface area contributed by atoms with E-state index in [9.17, 15) is 0 Å². The number of hydrogen-bond donors (Lipinski definition) is 2. The average molecular weight is 507 g/mol. The molecular weight excluding hydrogens is 477 g/mol. The van der Waals surface area contributed by atoms with Crippen LogP contribution in [0.15, 0.2) is 53.5 Å². The zero-order chi connectivity index (χ0) is 19.2. The highest BCUT2D eigenvalue weighted by atomic mass is 127. The molecule has 6 heteroatoms. The van der Waals surface area contributed by atoms with Crippen LogP contribution in [0, 0.1) is 0 Å². The lowest BCUT2D eigenvalue weighted by atomic mass is 9.96. The number of guanidine groups is 1. The SMILES string of the molecule is CCNC(=NCc1ccccc1OC1CCC1)NC1CCOc2ccccc21.I. The van der Waals surface area contributed by atoms with Gasteiger partial charge in [0, 0.05) is 24.1 Å². The molecule has 0 saturated heterocycles. The molecule has 2 N–H and O–H groups in total. The summed E-state index contributed by atoms with van der Waals surface area (Å²) in [5.74, 6) is 2.74. The van der Waals surface area contributed by atoms with Crippen molar-refractivity contribution in [3.05, 3.63) is 59.7 Å². The van der Waals surface area contributed by atoms with Crippen molar-refractivity contribution >= 4 is 29.9 Å². The van der Waals surface area contributed by atoms with Crippen LogP contribution in [0.3, 0.4) is 0 Å². The number of hydrogen-bond acceptors (Lipinski definition) is 3. The van der Waals surface area contributed by atoms with Crippen molar-refractivity contribution in [2.75, 3.05) is 13.2 Å². The van der Waals surface area contributed by atoms with Gasteiger partial charge in [0.25, 0.3) is 0 Å². The number of para-hydroxylation sites is 2. The van der Waals surface area contributed by atoms with E-state index in [1.54, 1.807) is 0 Å². The van der Waals surface area contributed by atoms with E-state index in [-0.39, 0.29) is 30.0 Å². The lowest BCUT2D eigenvalue weighted by Crippen LogP contribution is -2.41. The average Bonchev–Trinajstić information content (AvgIpc) is 2.70. The molecule has 4 rings (SSSR count). The van der Waals surface area contributed by atoms with Gasteiger partial charge in [0.2, 0.25) is 0 Å². The first kappa shape index (κ1) is 21.7. The molecule has 1 saturated carbocycles. The maximum absolute atomic E-state index is 6.14. The van der Waals surface area contributed by atoms with Crippen molar-refractivity contribution in [1.82, 2.24) is 10.6 Å². The molecule has 0 bridgehead atoms. The fourth-order valence-electron chi connectivity index (χ4n) is 3.56. The Morgan fingerprint density at radius 3 is 2.69 bits per heavy atom. The van der Waals surface area contributed by atoms with Gasteiger partial charge in [-0.2, -0.15) is 0 Å². The Labute approximate surface area is 190 Å². The van der Waals surface area contributed by atoms with Gasteiger partial charge >= 0.3 is 0 Å². The summed E-state index contributed by atoms with van der Waals surface area (Å²) < 4.78 is 11.9. The van der Waals surface area contributed by atoms with E-state index in [1.165, 1.54) is 12.0 Å². The molecule has 2 aliphatic rings. The van der Waals surface area contributed by atoms with Crippen molar-refractivity contribution in [3.63, 3.8) is 0 Å². The number of aliphatic imine (C=N–C) groups is 1. The van der Waals surface area contributed by atoms with Gasteiger partial charge in [-0.3, -0.25) is 0 Å². The minimum absolute atomic E-state index is 0. The first-order chi connectivity index (χ1) is 13.8. The van der Waals surface area contributed by atoms with E-state index in [4.69, 9.17) is 14.5 Å². The van der Waals surface area contributed by atoms with Gasteiger partial charge in [0.1, 0.15) is 11.5 Å². The van der Waals surface area contributed by atoms with Gasteiger partial charge in [-0.25, -0.2) is 4.99 Å². The monoisotopic (exact) mass is 507 g/mol. The molecule has 29 heavy (non-hydrogen) atoms. The van der Waals surface area contributed by atoms with Gasteiger partial charge in [-0.05, 0) is 38.3 Å². The van der Waals surface area contributed by atoms with E-state index in [0.717, 1.165) is 48.8 Å². The van der Waals surface area contributed by atoms with Gasteiger partial charge in [-0.15, -0.1) is 24.0 Å². The molecule has 1 unspecified atom stereocenters. The lowest BCUT2D eigenvalue weighted by Gasteiger charge is -2.28. The molecule has 0 radical (unpaired) electrons. The highest BCUT2D eigenvalue weighted by molar-refractivity contribution is 14.0. The smallest absolute Gasteiger partial charge is 0.192 e. The number of nitrogens with zero attached hydrogens (tertiary/aromatic N) is 1. The Bertz CT molecular complexity index is 823. The zero-order valence-electron chi connectivity index (χ0n) is 16.9. The molecular formula is C23H30IN3O2. The van der Waals surface area contributed by atoms with Crippen molar-refractivity contribution in [3.8, 4) is 11.5 Å². The van der Waals surface area contributed by atoms with Crippen LogP contribution in [0.25, 0.3) is 0 Å². The second-order valence-electron chi connectivity index (χ2n) is 7.35. The Morgan fingerprint density at radius 1 is 1.10 bits per heavy atom. The molecule has 2 aromatic carbocycles. The van der Waals surface area contributed by atoms with E-state index < -0.39 is 0 Å². The second-order valence-corrected chi connectivity index (χ2v) is 7.35.